The van der Waals surface area contributed by atoms with Crippen LogP contribution in [0.15, 0.2) is 59.8 Å². The molecule has 0 saturated carbocycles. The normalized spacial score (nSPS) is 11.0. The molecule has 0 radical (unpaired) electrons. The zero-order chi connectivity index (χ0) is 20.4. The van der Waals surface area contributed by atoms with Crippen LogP contribution in [0.25, 0.3) is 16.6 Å². The molecule has 0 aliphatic carbocycles. The summed E-state index contributed by atoms with van der Waals surface area (Å²) >= 11 is 11.9. The molecule has 10 heteroatoms. The molecule has 0 bridgehead atoms. The van der Waals surface area contributed by atoms with Crippen molar-refractivity contribution in [3.05, 3.63) is 81.1 Å². The van der Waals surface area contributed by atoms with E-state index in [1.807, 2.05) is 0 Å². The van der Waals surface area contributed by atoms with Gasteiger partial charge in [0.15, 0.2) is 0 Å². The molecular formula is C19H13Cl2N5O3. The van der Waals surface area contributed by atoms with E-state index in [2.05, 4.69) is 15.3 Å². The van der Waals surface area contributed by atoms with Crippen molar-refractivity contribution in [3.63, 3.8) is 0 Å². The van der Waals surface area contributed by atoms with E-state index in [9.17, 15) is 9.59 Å². The van der Waals surface area contributed by atoms with Crippen LogP contribution in [0, 0.1) is 0 Å². The third kappa shape index (κ3) is 4.13. The summed E-state index contributed by atoms with van der Waals surface area (Å²) in [6.07, 6.45) is 2.93. The van der Waals surface area contributed by atoms with Gasteiger partial charge in [-0.15, -0.1) is 5.10 Å². The Balaban J connectivity index is 1.41. The van der Waals surface area contributed by atoms with Crippen molar-refractivity contribution < 1.29 is 9.53 Å². The third-order valence-corrected chi connectivity index (χ3v) is 4.86. The van der Waals surface area contributed by atoms with Crippen LogP contribution in [0.5, 0.6) is 0 Å². The second kappa shape index (κ2) is 8.02. The molecule has 0 fully saturated rings. The molecule has 0 unspecified atom stereocenters. The number of rotatable bonds is 5. The average molecular weight is 430 g/mol. The minimum Gasteiger partial charge on any atom is -0.458 e. The van der Waals surface area contributed by atoms with Crippen molar-refractivity contribution in [2.75, 3.05) is 0 Å². The molecule has 146 valence electrons. The molecule has 4 rings (SSSR count). The fourth-order valence-corrected chi connectivity index (χ4v) is 2.97. The van der Waals surface area contributed by atoms with E-state index >= 15 is 0 Å². The second-order valence-corrected chi connectivity index (χ2v) is 6.92. The standard InChI is InChI=1S/C19H13Cl2N5O3/c20-15-6-5-13(7-16(15)21)26-8-12(23-24-26)10-29-18(27)9-25-11-22-17-4-2-1-3-14(17)19(25)28/h1-8,11H,9-10H2. The van der Waals surface area contributed by atoms with Crippen LogP contribution in [0.4, 0.5) is 0 Å². The summed E-state index contributed by atoms with van der Waals surface area (Å²) in [5.41, 5.74) is 1.37. The van der Waals surface area contributed by atoms with Gasteiger partial charge in [0, 0.05) is 0 Å². The fourth-order valence-electron chi connectivity index (χ4n) is 2.68. The number of para-hydroxylation sites is 1. The van der Waals surface area contributed by atoms with Gasteiger partial charge in [0.2, 0.25) is 0 Å². The van der Waals surface area contributed by atoms with Crippen LogP contribution in [0.3, 0.4) is 0 Å². The van der Waals surface area contributed by atoms with Gasteiger partial charge in [0.1, 0.15) is 18.8 Å². The topological polar surface area (TPSA) is 91.9 Å². The Morgan fingerprint density at radius 3 is 2.76 bits per heavy atom. The zero-order valence-corrected chi connectivity index (χ0v) is 16.3. The highest BCUT2D eigenvalue weighted by Gasteiger charge is 2.11. The average Bonchev–Trinajstić information content (AvgIpc) is 3.20. The van der Waals surface area contributed by atoms with Gasteiger partial charge in [0.25, 0.3) is 5.56 Å². The highest BCUT2D eigenvalue weighted by Crippen LogP contribution is 2.24. The van der Waals surface area contributed by atoms with Crippen molar-refractivity contribution in [1.29, 1.82) is 0 Å². The van der Waals surface area contributed by atoms with Gasteiger partial charge in [-0.2, -0.15) is 0 Å². The van der Waals surface area contributed by atoms with E-state index in [1.54, 1.807) is 48.7 Å². The molecule has 0 N–H and O–H groups in total. The van der Waals surface area contributed by atoms with Crippen LogP contribution in [0.1, 0.15) is 5.69 Å². The summed E-state index contributed by atoms with van der Waals surface area (Å²) in [6.45, 7) is -0.340. The molecule has 4 aromatic rings. The quantitative estimate of drug-likeness (QED) is 0.452. The molecule has 2 aromatic carbocycles. The molecular weight excluding hydrogens is 417 g/mol. The monoisotopic (exact) mass is 429 g/mol. The van der Waals surface area contributed by atoms with E-state index in [0.29, 0.717) is 32.3 Å². The molecule has 0 saturated heterocycles. The van der Waals surface area contributed by atoms with Crippen LogP contribution < -0.4 is 5.56 Å². The lowest BCUT2D eigenvalue weighted by Crippen LogP contribution is -2.25. The summed E-state index contributed by atoms with van der Waals surface area (Å²) < 4.78 is 7.90. The minimum atomic E-state index is -0.590. The van der Waals surface area contributed by atoms with Gasteiger partial charge in [-0.3, -0.25) is 14.2 Å². The molecule has 0 aliphatic heterocycles. The van der Waals surface area contributed by atoms with E-state index in [4.69, 9.17) is 27.9 Å². The highest BCUT2D eigenvalue weighted by atomic mass is 35.5. The first kappa shape index (κ1) is 19.1. The Morgan fingerprint density at radius 2 is 1.93 bits per heavy atom. The maximum atomic E-state index is 12.4. The molecule has 2 heterocycles. The Morgan fingerprint density at radius 1 is 1.10 bits per heavy atom. The summed E-state index contributed by atoms with van der Waals surface area (Å²) in [7, 11) is 0. The largest absolute Gasteiger partial charge is 0.458 e. The zero-order valence-electron chi connectivity index (χ0n) is 14.8. The van der Waals surface area contributed by atoms with Gasteiger partial charge in [-0.1, -0.05) is 40.5 Å². The first-order valence-corrected chi connectivity index (χ1v) is 9.23. The molecule has 2 aromatic heterocycles. The molecule has 29 heavy (non-hydrogen) atoms. The van der Waals surface area contributed by atoms with Crippen molar-refractivity contribution in [1.82, 2.24) is 24.5 Å². The minimum absolute atomic E-state index is 0.0874. The first-order valence-electron chi connectivity index (χ1n) is 8.48. The second-order valence-electron chi connectivity index (χ2n) is 6.11. The number of hydrogen-bond acceptors (Lipinski definition) is 6. The maximum absolute atomic E-state index is 12.4. The van der Waals surface area contributed by atoms with Crippen LogP contribution in [0.2, 0.25) is 10.0 Å². The predicted molar refractivity (Wildman–Crippen MR) is 107 cm³/mol. The number of fused-ring (bicyclic) bond motifs is 1. The van der Waals surface area contributed by atoms with Crippen molar-refractivity contribution in [2.45, 2.75) is 13.2 Å². The van der Waals surface area contributed by atoms with Gasteiger partial charge < -0.3 is 4.74 Å². The van der Waals surface area contributed by atoms with Gasteiger partial charge in [0.05, 0.1) is 39.2 Å². The Labute approximate surface area is 174 Å². The summed E-state index contributed by atoms with van der Waals surface area (Å²) in [5, 5.41) is 9.20. The fraction of sp³-hybridized carbons (Fsp3) is 0.105. The number of carbonyl (C=O) groups excluding carboxylic acids is 1. The van der Waals surface area contributed by atoms with Crippen molar-refractivity contribution >= 4 is 40.1 Å². The number of carbonyl (C=O) groups is 1. The number of esters is 1. The van der Waals surface area contributed by atoms with Crippen LogP contribution in [-0.4, -0.2) is 30.5 Å². The van der Waals surface area contributed by atoms with Crippen molar-refractivity contribution in [2.24, 2.45) is 0 Å². The van der Waals surface area contributed by atoms with Gasteiger partial charge >= 0.3 is 5.97 Å². The Bertz CT molecular complexity index is 1270. The molecule has 0 aliphatic rings. The Kier molecular flexibility index (Phi) is 5.28. The van der Waals surface area contributed by atoms with Crippen LogP contribution >= 0.6 is 23.2 Å². The smallest absolute Gasteiger partial charge is 0.326 e. The molecule has 0 spiro atoms. The number of hydrogen-bond donors (Lipinski definition) is 0. The lowest BCUT2D eigenvalue weighted by atomic mass is 10.2. The van der Waals surface area contributed by atoms with E-state index in [1.165, 1.54) is 15.6 Å². The maximum Gasteiger partial charge on any atom is 0.326 e. The molecule has 0 atom stereocenters. The first-order chi connectivity index (χ1) is 14.0. The van der Waals surface area contributed by atoms with Crippen molar-refractivity contribution in [3.8, 4) is 5.69 Å². The molecule has 0 amide bonds. The van der Waals surface area contributed by atoms with Gasteiger partial charge in [-0.05, 0) is 30.3 Å². The highest BCUT2D eigenvalue weighted by molar-refractivity contribution is 6.42. The lowest BCUT2D eigenvalue weighted by molar-refractivity contribution is -0.145. The SMILES string of the molecule is O=C(Cn1cnc2ccccc2c1=O)OCc1cn(-c2ccc(Cl)c(Cl)c2)nn1. The predicted octanol–water partition coefficient (Wildman–Crippen LogP) is 3.03. The number of halogens is 2. The lowest BCUT2D eigenvalue weighted by Gasteiger charge is -2.06. The summed E-state index contributed by atoms with van der Waals surface area (Å²) in [6, 6.07) is 12.0. The van der Waals surface area contributed by atoms with Gasteiger partial charge in [-0.25, -0.2) is 9.67 Å². The third-order valence-electron chi connectivity index (χ3n) is 4.12. The Hall–Kier alpha value is -3.23. The number of aromatic nitrogens is 5. The van der Waals surface area contributed by atoms with E-state index in [-0.39, 0.29) is 18.7 Å². The number of benzene rings is 2. The van der Waals surface area contributed by atoms with E-state index in [0.717, 1.165) is 0 Å². The number of nitrogens with zero attached hydrogens (tertiary/aromatic N) is 5. The van der Waals surface area contributed by atoms with E-state index < -0.39 is 5.97 Å². The summed E-state index contributed by atoms with van der Waals surface area (Å²) in [5.74, 6) is -0.590. The number of ether oxygens (including phenoxy) is 1. The van der Waals surface area contributed by atoms with Crippen LogP contribution in [-0.2, 0) is 22.7 Å². The summed E-state index contributed by atoms with van der Waals surface area (Å²) in [4.78, 5) is 28.7. The molecule has 8 nitrogen and oxygen atoms in total.